The number of amides is 1. The molecule has 1 aromatic rings. The van der Waals surface area contributed by atoms with Crippen LogP contribution < -0.4 is 5.32 Å². The average Bonchev–Trinajstić information content (AvgIpc) is 2.14. The normalized spacial score (nSPS) is 11.1. The Kier molecular flexibility index (Phi) is 3.23. The number of hydrogen-bond donors (Lipinski definition) is 1. The van der Waals surface area contributed by atoms with Crippen LogP contribution in [-0.4, -0.2) is 6.41 Å². The number of nitrogens with one attached hydrogen (secondary N) is 1. The van der Waals surface area contributed by atoms with E-state index >= 15 is 0 Å². The van der Waals surface area contributed by atoms with Gasteiger partial charge in [-0.15, -0.1) is 0 Å². The predicted octanol–water partition coefficient (Wildman–Crippen LogP) is 2.14. The smallest absolute Gasteiger partial charge is 0.207 e. The maximum Gasteiger partial charge on any atom is 0.207 e. The van der Waals surface area contributed by atoms with Crippen LogP contribution >= 0.6 is 0 Å². The lowest BCUT2D eigenvalue weighted by Gasteiger charge is -2.15. The van der Waals surface area contributed by atoms with Crippen LogP contribution in [0, 0.1) is 0 Å². The molecule has 0 heterocycles. The van der Waals surface area contributed by atoms with Gasteiger partial charge in [0, 0.05) is 6.54 Å². The molecule has 1 N–H and O–H groups in total. The van der Waals surface area contributed by atoms with Crippen molar-refractivity contribution in [2.24, 2.45) is 0 Å². The van der Waals surface area contributed by atoms with Crippen molar-refractivity contribution in [1.82, 2.24) is 5.32 Å². The first-order valence-electron chi connectivity index (χ1n) is 4.49. The second-order valence-electron chi connectivity index (χ2n) is 3.67. The number of rotatable bonds is 4. The summed E-state index contributed by atoms with van der Waals surface area (Å²) >= 11 is 0. The molecule has 1 aromatic carbocycles. The highest BCUT2D eigenvalue weighted by Crippen LogP contribution is 2.24. The van der Waals surface area contributed by atoms with Crippen LogP contribution in [0.2, 0.25) is 0 Å². The van der Waals surface area contributed by atoms with Gasteiger partial charge in [-0.05, 0) is 25.0 Å². The Morgan fingerprint density at radius 1 is 1.50 bits per heavy atom. The fourth-order valence-corrected chi connectivity index (χ4v) is 1.21. The second-order valence-corrected chi connectivity index (χ2v) is 3.67. The van der Waals surface area contributed by atoms with E-state index < -0.39 is 5.67 Å². The van der Waals surface area contributed by atoms with E-state index in [-0.39, 0.29) is 0 Å². The van der Waals surface area contributed by atoms with Gasteiger partial charge in [-0.1, -0.05) is 24.3 Å². The summed E-state index contributed by atoms with van der Waals surface area (Å²) in [7, 11) is 0. The Bertz CT molecular complexity index is 317. The molecule has 0 atom stereocenters. The monoisotopic (exact) mass is 195 g/mol. The van der Waals surface area contributed by atoms with E-state index in [0.717, 1.165) is 5.56 Å². The number of carbonyl (C=O) groups is 1. The summed E-state index contributed by atoms with van der Waals surface area (Å²) in [5.41, 5.74) is 0.194. The first-order valence-corrected chi connectivity index (χ1v) is 4.49. The fourth-order valence-electron chi connectivity index (χ4n) is 1.21. The van der Waals surface area contributed by atoms with Gasteiger partial charge < -0.3 is 5.32 Å². The molecule has 0 saturated carbocycles. The van der Waals surface area contributed by atoms with Crippen LogP contribution in [0.3, 0.4) is 0 Å². The van der Waals surface area contributed by atoms with E-state index in [2.05, 4.69) is 5.32 Å². The summed E-state index contributed by atoms with van der Waals surface area (Å²) < 4.78 is 13.5. The molecule has 0 aliphatic rings. The van der Waals surface area contributed by atoms with E-state index in [1.807, 2.05) is 6.07 Å². The third kappa shape index (κ3) is 2.83. The SMILES string of the molecule is CC(C)(F)c1cccc(CNC=O)c1. The molecular weight excluding hydrogens is 181 g/mol. The lowest BCUT2D eigenvalue weighted by Crippen LogP contribution is -2.12. The first-order chi connectivity index (χ1) is 6.54. The standard InChI is InChI=1S/C11H14FNO/c1-11(2,12)10-5-3-4-9(6-10)7-13-8-14/h3-6,8H,7H2,1-2H3,(H,13,14). The van der Waals surface area contributed by atoms with Crippen LogP contribution in [0.1, 0.15) is 25.0 Å². The molecule has 0 radical (unpaired) electrons. The Balaban J connectivity index is 2.84. The van der Waals surface area contributed by atoms with Crippen molar-refractivity contribution < 1.29 is 9.18 Å². The minimum atomic E-state index is -1.34. The molecule has 0 aliphatic heterocycles. The summed E-state index contributed by atoms with van der Waals surface area (Å²) in [4.78, 5) is 10.1. The molecule has 1 rings (SSSR count). The van der Waals surface area contributed by atoms with Crippen molar-refractivity contribution in [3.05, 3.63) is 35.4 Å². The van der Waals surface area contributed by atoms with Crippen molar-refractivity contribution >= 4 is 6.41 Å². The van der Waals surface area contributed by atoms with Gasteiger partial charge in [0.1, 0.15) is 5.67 Å². The molecule has 0 unspecified atom stereocenters. The number of halogens is 1. The summed E-state index contributed by atoms with van der Waals surface area (Å²) in [5, 5.41) is 2.54. The minimum absolute atomic E-state index is 0.438. The molecule has 3 heteroatoms. The largest absolute Gasteiger partial charge is 0.355 e. The Hall–Kier alpha value is -1.38. The molecule has 0 saturated heterocycles. The molecule has 0 aromatic heterocycles. The van der Waals surface area contributed by atoms with Crippen LogP contribution in [0.25, 0.3) is 0 Å². The van der Waals surface area contributed by atoms with Crippen molar-refractivity contribution in [3.8, 4) is 0 Å². The first kappa shape index (κ1) is 10.7. The van der Waals surface area contributed by atoms with Gasteiger partial charge in [0.15, 0.2) is 0 Å². The Morgan fingerprint density at radius 2 is 2.21 bits per heavy atom. The van der Waals surface area contributed by atoms with Crippen LogP contribution in [-0.2, 0) is 17.0 Å². The highest BCUT2D eigenvalue weighted by atomic mass is 19.1. The fraction of sp³-hybridized carbons (Fsp3) is 0.364. The summed E-state index contributed by atoms with van der Waals surface area (Å²) in [5.74, 6) is 0. The maximum atomic E-state index is 13.5. The molecule has 76 valence electrons. The Morgan fingerprint density at radius 3 is 2.79 bits per heavy atom. The lowest BCUT2D eigenvalue weighted by molar-refractivity contribution is -0.109. The topological polar surface area (TPSA) is 29.1 Å². The van der Waals surface area contributed by atoms with Gasteiger partial charge in [0.05, 0.1) is 0 Å². The maximum absolute atomic E-state index is 13.5. The van der Waals surface area contributed by atoms with Gasteiger partial charge in [-0.25, -0.2) is 4.39 Å². The van der Waals surface area contributed by atoms with Gasteiger partial charge in [0.25, 0.3) is 0 Å². The Labute approximate surface area is 83.1 Å². The zero-order valence-corrected chi connectivity index (χ0v) is 8.38. The molecule has 1 amide bonds. The number of benzene rings is 1. The van der Waals surface area contributed by atoms with Crippen molar-refractivity contribution in [1.29, 1.82) is 0 Å². The quantitative estimate of drug-likeness (QED) is 0.733. The van der Waals surface area contributed by atoms with Gasteiger partial charge in [-0.3, -0.25) is 4.79 Å². The number of alkyl halides is 1. The minimum Gasteiger partial charge on any atom is -0.355 e. The molecule has 14 heavy (non-hydrogen) atoms. The number of carbonyl (C=O) groups excluding carboxylic acids is 1. The van der Waals surface area contributed by atoms with E-state index in [9.17, 15) is 9.18 Å². The summed E-state index contributed by atoms with van der Waals surface area (Å²) in [6.45, 7) is 3.46. The van der Waals surface area contributed by atoms with Crippen molar-refractivity contribution in [2.45, 2.75) is 26.1 Å². The van der Waals surface area contributed by atoms with Gasteiger partial charge >= 0.3 is 0 Å². The van der Waals surface area contributed by atoms with Gasteiger partial charge in [-0.2, -0.15) is 0 Å². The molecule has 2 nitrogen and oxygen atoms in total. The summed E-state index contributed by atoms with van der Waals surface area (Å²) in [6, 6.07) is 7.14. The second kappa shape index (κ2) is 4.22. The van der Waals surface area contributed by atoms with E-state index in [4.69, 9.17) is 0 Å². The third-order valence-electron chi connectivity index (χ3n) is 2.00. The zero-order valence-electron chi connectivity index (χ0n) is 8.38. The van der Waals surface area contributed by atoms with Gasteiger partial charge in [0.2, 0.25) is 6.41 Å². The molecular formula is C11H14FNO. The zero-order chi connectivity index (χ0) is 10.6. The van der Waals surface area contributed by atoms with Crippen molar-refractivity contribution in [3.63, 3.8) is 0 Å². The van der Waals surface area contributed by atoms with Crippen molar-refractivity contribution in [2.75, 3.05) is 0 Å². The highest BCUT2D eigenvalue weighted by Gasteiger charge is 2.18. The number of hydrogen-bond acceptors (Lipinski definition) is 1. The predicted molar refractivity (Wildman–Crippen MR) is 53.5 cm³/mol. The molecule has 0 spiro atoms. The summed E-state index contributed by atoms with van der Waals surface area (Å²) in [6.07, 6.45) is 0.632. The van der Waals surface area contributed by atoms with Crippen LogP contribution in [0.15, 0.2) is 24.3 Å². The molecule has 0 bridgehead atoms. The highest BCUT2D eigenvalue weighted by molar-refractivity contribution is 5.46. The van der Waals surface area contributed by atoms with E-state index in [1.165, 1.54) is 13.8 Å². The molecule has 0 aliphatic carbocycles. The van der Waals surface area contributed by atoms with E-state index in [1.54, 1.807) is 18.2 Å². The van der Waals surface area contributed by atoms with Crippen LogP contribution in [0.5, 0.6) is 0 Å². The van der Waals surface area contributed by atoms with Crippen LogP contribution in [0.4, 0.5) is 4.39 Å². The third-order valence-corrected chi connectivity index (χ3v) is 2.00. The lowest BCUT2D eigenvalue weighted by atomic mass is 9.98. The van der Waals surface area contributed by atoms with E-state index in [0.29, 0.717) is 18.5 Å². The molecule has 0 fully saturated rings. The average molecular weight is 195 g/mol.